The molecule has 20 heavy (non-hydrogen) atoms. The first kappa shape index (κ1) is 15.9. The molecule has 0 bridgehead atoms. The first-order chi connectivity index (χ1) is 9.41. The van der Waals surface area contributed by atoms with Gasteiger partial charge in [0.2, 0.25) is 0 Å². The molecule has 114 valence electrons. The quantitative estimate of drug-likeness (QED) is 0.917. The molecule has 2 atom stereocenters. The lowest BCUT2D eigenvalue weighted by Gasteiger charge is -2.39. The van der Waals surface area contributed by atoms with Crippen LogP contribution in [0.4, 0.5) is 0 Å². The molecule has 1 saturated carbocycles. The summed E-state index contributed by atoms with van der Waals surface area (Å²) < 4.78 is 5.63. The molecule has 1 aromatic heterocycles. The van der Waals surface area contributed by atoms with E-state index in [1.165, 1.54) is 23.5 Å². The Morgan fingerprint density at radius 3 is 2.80 bits per heavy atom. The average Bonchev–Trinajstić information content (AvgIpc) is 2.89. The summed E-state index contributed by atoms with van der Waals surface area (Å²) in [5.74, 6) is 0. The maximum atomic E-state index is 5.63. The Morgan fingerprint density at radius 1 is 1.50 bits per heavy atom. The fourth-order valence-electron chi connectivity index (χ4n) is 3.03. The van der Waals surface area contributed by atoms with Crippen LogP contribution in [0.5, 0.6) is 0 Å². The first-order valence-electron chi connectivity index (χ1n) is 7.65. The Hall–Kier alpha value is -0.450. The van der Waals surface area contributed by atoms with Gasteiger partial charge in [0.15, 0.2) is 0 Å². The van der Waals surface area contributed by atoms with Gasteiger partial charge in [-0.05, 0) is 32.2 Å². The molecule has 0 spiro atoms. The smallest absolute Gasteiger partial charge is 0.113 e. The van der Waals surface area contributed by atoms with Gasteiger partial charge in [0.05, 0.1) is 17.3 Å². The van der Waals surface area contributed by atoms with Gasteiger partial charge in [0.25, 0.3) is 0 Å². The summed E-state index contributed by atoms with van der Waals surface area (Å²) in [6.45, 7) is 9.83. The predicted octanol–water partition coefficient (Wildman–Crippen LogP) is 3.83. The number of hydrogen-bond acceptors (Lipinski definition) is 4. The third-order valence-electron chi connectivity index (χ3n) is 4.24. The Balaban J connectivity index is 2.30. The highest BCUT2D eigenvalue weighted by molar-refractivity contribution is 7.09. The highest BCUT2D eigenvalue weighted by Crippen LogP contribution is 2.40. The monoisotopic (exact) mass is 296 g/mol. The van der Waals surface area contributed by atoms with E-state index in [4.69, 9.17) is 9.72 Å². The van der Waals surface area contributed by atoms with Crippen molar-refractivity contribution >= 4 is 11.3 Å². The number of ether oxygens (including phenoxy) is 1. The number of thiazole rings is 1. The Bertz CT molecular complexity index is 434. The van der Waals surface area contributed by atoms with E-state index in [1.807, 2.05) is 7.11 Å². The van der Waals surface area contributed by atoms with Crippen molar-refractivity contribution in [3.63, 3.8) is 0 Å². The fourth-order valence-corrected chi connectivity index (χ4v) is 4.30. The lowest BCUT2D eigenvalue weighted by molar-refractivity contribution is 0.0296. The fraction of sp³-hybridized carbons (Fsp3) is 0.812. The summed E-state index contributed by atoms with van der Waals surface area (Å²) in [5.41, 5.74) is 1.34. The van der Waals surface area contributed by atoms with Crippen LogP contribution < -0.4 is 5.32 Å². The molecule has 0 radical (unpaired) electrons. The first-order valence-corrected chi connectivity index (χ1v) is 8.53. The van der Waals surface area contributed by atoms with E-state index in [0.717, 1.165) is 19.4 Å². The molecule has 0 aromatic carbocycles. The molecule has 0 amide bonds. The zero-order chi connectivity index (χ0) is 14.8. The minimum Gasteiger partial charge on any atom is -0.381 e. The van der Waals surface area contributed by atoms with E-state index >= 15 is 0 Å². The minimum absolute atomic E-state index is 0.0157. The maximum Gasteiger partial charge on any atom is 0.113 e. The molecule has 0 aliphatic heterocycles. The molecule has 1 aliphatic rings. The molecule has 1 heterocycles. The molecule has 1 N–H and O–H groups in total. The second-order valence-electron chi connectivity index (χ2n) is 6.85. The van der Waals surface area contributed by atoms with Gasteiger partial charge in [0.1, 0.15) is 5.01 Å². The van der Waals surface area contributed by atoms with Crippen molar-refractivity contribution in [3.05, 3.63) is 16.1 Å². The van der Waals surface area contributed by atoms with E-state index in [2.05, 4.69) is 38.4 Å². The van der Waals surface area contributed by atoms with Crippen LogP contribution in [0.2, 0.25) is 0 Å². The predicted molar refractivity (Wildman–Crippen MR) is 85.4 cm³/mol. The van der Waals surface area contributed by atoms with Crippen LogP contribution in [0, 0.1) is 0 Å². The van der Waals surface area contributed by atoms with Gasteiger partial charge in [-0.3, -0.25) is 0 Å². The number of aromatic nitrogens is 1. The Morgan fingerprint density at radius 2 is 2.25 bits per heavy atom. The van der Waals surface area contributed by atoms with E-state index in [1.54, 1.807) is 11.3 Å². The Labute approximate surface area is 127 Å². The molecule has 4 heteroatoms. The third-order valence-corrected chi connectivity index (χ3v) is 5.28. The highest BCUT2D eigenvalue weighted by Gasteiger charge is 2.40. The number of nitrogens with one attached hydrogen (secondary N) is 1. The van der Waals surface area contributed by atoms with Crippen LogP contribution >= 0.6 is 11.3 Å². The number of hydrogen-bond donors (Lipinski definition) is 1. The van der Waals surface area contributed by atoms with Gasteiger partial charge in [0, 0.05) is 17.9 Å². The second-order valence-corrected chi connectivity index (χ2v) is 7.71. The van der Waals surface area contributed by atoms with Gasteiger partial charge in [-0.1, -0.05) is 27.7 Å². The van der Waals surface area contributed by atoms with Crippen molar-refractivity contribution in [2.45, 2.75) is 70.4 Å². The number of nitrogens with zero attached hydrogens (tertiary/aromatic N) is 1. The van der Waals surface area contributed by atoms with E-state index < -0.39 is 0 Å². The summed E-state index contributed by atoms with van der Waals surface area (Å²) in [6, 6.07) is 0. The van der Waals surface area contributed by atoms with Crippen molar-refractivity contribution in [2.24, 2.45) is 0 Å². The Kier molecular flexibility index (Phi) is 4.88. The van der Waals surface area contributed by atoms with Crippen LogP contribution in [0.3, 0.4) is 0 Å². The van der Waals surface area contributed by atoms with E-state index in [0.29, 0.717) is 6.10 Å². The van der Waals surface area contributed by atoms with Crippen LogP contribution in [-0.4, -0.2) is 24.7 Å². The van der Waals surface area contributed by atoms with Crippen LogP contribution in [0.1, 0.15) is 64.1 Å². The summed E-state index contributed by atoms with van der Waals surface area (Å²) in [4.78, 5) is 4.97. The minimum atomic E-state index is 0.0157. The van der Waals surface area contributed by atoms with Crippen LogP contribution in [0.25, 0.3) is 0 Å². The molecule has 1 aromatic rings. The topological polar surface area (TPSA) is 34.2 Å². The zero-order valence-electron chi connectivity index (χ0n) is 13.5. The summed E-state index contributed by atoms with van der Waals surface area (Å²) in [7, 11) is 1.83. The summed E-state index contributed by atoms with van der Waals surface area (Å²) >= 11 is 1.81. The second kappa shape index (κ2) is 6.12. The SMILES string of the molecule is CCNC1(c2nc(C(C)(C)C)cs2)CCCC(OC)C1. The summed E-state index contributed by atoms with van der Waals surface area (Å²) in [6.07, 6.45) is 4.92. The average molecular weight is 296 g/mol. The van der Waals surface area contributed by atoms with Crippen molar-refractivity contribution in [3.8, 4) is 0 Å². The number of methoxy groups -OCH3 is 1. The zero-order valence-corrected chi connectivity index (χ0v) is 14.3. The van der Waals surface area contributed by atoms with E-state index in [9.17, 15) is 0 Å². The van der Waals surface area contributed by atoms with Crippen molar-refractivity contribution < 1.29 is 4.74 Å². The maximum absolute atomic E-state index is 5.63. The largest absolute Gasteiger partial charge is 0.381 e. The summed E-state index contributed by atoms with van der Waals surface area (Å²) in [5, 5.41) is 7.18. The molecule has 2 unspecified atom stereocenters. The van der Waals surface area contributed by atoms with Gasteiger partial charge in [-0.25, -0.2) is 4.98 Å². The van der Waals surface area contributed by atoms with Gasteiger partial charge in [-0.2, -0.15) is 0 Å². The molecule has 2 rings (SSSR count). The standard InChI is InChI=1S/C16H28N2OS/c1-6-17-16(9-7-8-12(10-16)19-5)14-18-13(11-20-14)15(2,3)4/h11-12,17H,6-10H2,1-5H3. The van der Waals surface area contributed by atoms with E-state index in [-0.39, 0.29) is 11.0 Å². The number of rotatable bonds is 4. The van der Waals surface area contributed by atoms with Crippen LogP contribution in [-0.2, 0) is 15.7 Å². The van der Waals surface area contributed by atoms with Crippen molar-refractivity contribution in [1.29, 1.82) is 0 Å². The molecular formula is C16H28N2OS. The lowest BCUT2D eigenvalue weighted by Crippen LogP contribution is -2.47. The molecular weight excluding hydrogens is 268 g/mol. The van der Waals surface area contributed by atoms with Gasteiger partial charge in [-0.15, -0.1) is 11.3 Å². The molecule has 3 nitrogen and oxygen atoms in total. The molecule has 1 aliphatic carbocycles. The lowest BCUT2D eigenvalue weighted by atomic mass is 9.80. The molecule has 0 saturated heterocycles. The normalized spacial score (nSPS) is 27.8. The molecule has 1 fully saturated rings. The van der Waals surface area contributed by atoms with Crippen molar-refractivity contribution in [2.75, 3.05) is 13.7 Å². The van der Waals surface area contributed by atoms with Gasteiger partial charge >= 0.3 is 0 Å². The highest BCUT2D eigenvalue weighted by atomic mass is 32.1. The van der Waals surface area contributed by atoms with Crippen LogP contribution in [0.15, 0.2) is 5.38 Å². The van der Waals surface area contributed by atoms with Gasteiger partial charge < -0.3 is 10.1 Å². The van der Waals surface area contributed by atoms with Crippen molar-refractivity contribution in [1.82, 2.24) is 10.3 Å². The third kappa shape index (κ3) is 3.23.